The van der Waals surface area contributed by atoms with Crippen molar-refractivity contribution in [3.63, 3.8) is 0 Å². The lowest BCUT2D eigenvalue weighted by Gasteiger charge is -2.06. The van der Waals surface area contributed by atoms with E-state index in [0.29, 0.717) is 10.7 Å². The van der Waals surface area contributed by atoms with Crippen molar-refractivity contribution in [3.8, 4) is 0 Å². The van der Waals surface area contributed by atoms with Gasteiger partial charge in [0.25, 0.3) is 5.91 Å². The van der Waals surface area contributed by atoms with E-state index in [1.54, 1.807) is 30.3 Å². The van der Waals surface area contributed by atoms with Crippen LogP contribution >= 0.6 is 23.2 Å². The summed E-state index contributed by atoms with van der Waals surface area (Å²) in [5.41, 5.74) is 1.40. The maximum atomic E-state index is 11.9. The molecular formula is C15H11Cl2NO. The van der Waals surface area contributed by atoms with Gasteiger partial charge in [-0.1, -0.05) is 65.7 Å². The summed E-state index contributed by atoms with van der Waals surface area (Å²) in [6.45, 7) is 0. The predicted molar refractivity (Wildman–Crippen MR) is 80.4 cm³/mol. The van der Waals surface area contributed by atoms with Gasteiger partial charge in [-0.25, -0.2) is 0 Å². The minimum atomic E-state index is -0.390. The molecule has 96 valence electrons. The Morgan fingerprint density at radius 1 is 1.00 bits per heavy atom. The highest BCUT2D eigenvalue weighted by atomic mass is 35.5. The van der Waals surface area contributed by atoms with Gasteiger partial charge in [-0.2, -0.15) is 0 Å². The first-order chi connectivity index (χ1) is 9.16. The average molecular weight is 292 g/mol. The second kappa shape index (κ2) is 6.41. The van der Waals surface area contributed by atoms with Crippen LogP contribution in [0.15, 0.2) is 59.6 Å². The number of nitrogens with one attached hydrogen (secondary N) is 1. The monoisotopic (exact) mass is 291 g/mol. The van der Waals surface area contributed by atoms with Crippen molar-refractivity contribution in [2.75, 3.05) is 5.32 Å². The Kier molecular flexibility index (Phi) is 4.61. The topological polar surface area (TPSA) is 29.1 Å². The van der Waals surface area contributed by atoms with Crippen LogP contribution in [0, 0.1) is 0 Å². The van der Waals surface area contributed by atoms with E-state index in [1.807, 2.05) is 30.3 Å². The summed E-state index contributed by atoms with van der Waals surface area (Å²) in [4.78, 5) is 11.9. The van der Waals surface area contributed by atoms with Gasteiger partial charge in [-0.05, 0) is 23.8 Å². The highest BCUT2D eigenvalue weighted by Crippen LogP contribution is 2.22. The van der Waals surface area contributed by atoms with Crippen molar-refractivity contribution in [2.24, 2.45) is 0 Å². The first-order valence-electron chi connectivity index (χ1n) is 5.65. The Morgan fingerprint density at radius 2 is 1.63 bits per heavy atom. The molecule has 19 heavy (non-hydrogen) atoms. The highest BCUT2D eigenvalue weighted by molar-refractivity contribution is 6.46. The number of para-hydroxylation sites is 1. The largest absolute Gasteiger partial charge is 0.320 e. The summed E-state index contributed by atoms with van der Waals surface area (Å²) >= 11 is 11.9. The van der Waals surface area contributed by atoms with Crippen molar-refractivity contribution in [1.82, 2.24) is 0 Å². The van der Waals surface area contributed by atoms with Crippen LogP contribution in [0.5, 0.6) is 0 Å². The molecule has 0 aliphatic heterocycles. The summed E-state index contributed by atoms with van der Waals surface area (Å²) < 4.78 is 0. The molecule has 0 atom stereocenters. The molecule has 2 aromatic carbocycles. The Balaban J connectivity index is 2.12. The van der Waals surface area contributed by atoms with Crippen molar-refractivity contribution < 1.29 is 4.79 Å². The van der Waals surface area contributed by atoms with Crippen LogP contribution in [0.25, 0.3) is 6.08 Å². The van der Waals surface area contributed by atoms with Crippen LogP contribution in [0.2, 0.25) is 5.02 Å². The molecule has 0 spiro atoms. The predicted octanol–water partition coefficient (Wildman–Crippen LogP) is 4.56. The molecule has 0 aromatic heterocycles. The van der Waals surface area contributed by atoms with E-state index in [1.165, 1.54) is 0 Å². The molecule has 0 aliphatic carbocycles. The number of carbonyl (C=O) groups excluding carboxylic acids is 1. The molecule has 1 N–H and O–H groups in total. The van der Waals surface area contributed by atoms with Gasteiger partial charge in [0.2, 0.25) is 0 Å². The third-order valence-corrected chi connectivity index (χ3v) is 3.04. The van der Waals surface area contributed by atoms with Gasteiger partial charge in [-0.15, -0.1) is 0 Å². The number of amides is 1. The van der Waals surface area contributed by atoms with Gasteiger partial charge in [0, 0.05) is 0 Å². The first-order valence-corrected chi connectivity index (χ1v) is 6.40. The quantitative estimate of drug-likeness (QED) is 0.826. The van der Waals surface area contributed by atoms with Crippen LogP contribution in [-0.4, -0.2) is 5.91 Å². The Morgan fingerprint density at radius 3 is 2.32 bits per heavy atom. The standard InChI is InChI=1S/C15H11Cl2NO/c16-12-8-4-5-9-14(12)18-15(19)13(17)10-11-6-2-1-3-7-11/h1-10H,(H,18,19). The summed E-state index contributed by atoms with van der Waals surface area (Å²) in [6, 6.07) is 16.4. The fourth-order valence-electron chi connectivity index (χ4n) is 1.51. The lowest BCUT2D eigenvalue weighted by atomic mass is 10.2. The third kappa shape index (κ3) is 3.85. The first kappa shape index (κ1) is 13.7. The van der Waals surface area contributed by atoms with E-state index in [-0.39, 0.29) is 5.03 Å². The maximum absolute atomic E-state index is 11.9. The second-order valence-corrected chi connectivity index (χ2v) is 4.65. The zero-order valence-electron chi connectivity index (χ0n) is 9.94. The second-order valence-electron chi connectivity index (χ2n) is 3.84. The van der Waals surface area contributed by atoms with Crippen LogP contribution < -0.4 is 5.32 Å². The summed E-state index contributed by atoms with van der Waals surface area (Å²) in [6.07, 6.45) is 1.60. The molecule has 2 aromatic rings. The number of halogens is 2. The number of hydrogen-bond acceptors (Lipinski definition) is 1. The van der Waals surface area contributed by atoms with E-state index in [2.05, 4.69) is 5.32 Å². The minimum absolute atomic E-state index is 0.103. The average Bonchev–Trinajstić information content (AvgIpc) is 2.42. The van der Waals surface area contributed by atoms with Crippen LogP contribution in [0.3, 0.4) is 0 Å². The fourth-order valence-corrected chi connectivity index (χ4v) is 1.86. The van der Waals surface area contributed by atoms with Gasteiger partial charge < -0.3 is 5.32 Å². The third-order valence-electron chi connectivity index (χ3n) is 2.43. The van der Waals surface area contributed by atoms with Crippen LogP contribution in [0.1, 0.15) is 5.56 Å². The Hall–Kier alpha value is -1.77. The number of rotatable bonds is 3. The summed E-state index contributed by atoms with van der Waals surface area (Å²) in [7, 11) is 0. The van der Waals surface area contributed by atoms with E-state index < -0.39 is 5.91 Å². The SMILES string of the molecule is O=C(Nc1ccccc1Cl)C(Cl)=Cc1ccccc1. The number of benzene rings is 2. The molecule has 0 heterocycles. The van der Waals surface area contributed by atoms with Crippen molar-refractivity contribution in [3.05, 3.63) is 70.2 Å². The summed E-state index contributed by atoms with van der Waals surface area (Å²) in [5, 5.41) is 3.23. The van der Waals surface area contributed by atoms with Crippen molar-refractivity contribution in [1.29, 1.82) is 0 Å². The van der Waals surface area contributed by atoms with Crippen LogP contribution in [0.4, 0.5) is 5.69 Å². The zero-order valence-corrected chi connectivity index (χ0v) is 11.4. The molecule has 0 fully saturated rings. The smallest absolute Gasteiger partial charge is 0.267 e. The molecule has 0 saturated heterocycles. The molecule has 0 unspecified atom stereocenters. The zero-order chi connectivity index (χ0) is 13.7. The molecule has 0 aliphatic rings. The molecular weight excluding hydrogens is 281 g/mol. The lowest BCUT2D eigenvalue weighted by molar-refractivity contribution is -0.112. The van der Waals surface area contributed by atoms with Crippen LogP contribution in [-0.2, 0) is 4.79 Å². The number of hydrogen-bond donors (Lipinski definition) is 1. The molecule has 0 bridgehead atoms. The Bertz CT molecular complexity index is 609. The van der Waals surface area contributed by atoms with Gasteiger partial charge in [0.05, 0.1) is 10.7 Å². The van der Waals surface area contributed by atoms with Gasteiger partial charge in [0.15, 0.2) is 0 Å². The normalized spacial score (nSPS) is 11.2. The molecule has 0 saturated carbocycles. The van der Waals surface area contributed by atoms with Crippen molar-refractivity contribution >= 4 is 40.9 Å². The summed E-state index contributed by atoms with van der Waals surface area (Å²) in [5.74, 6) is -0.390. The molecule has 2 rings (SSSR count). The maximum Gasteiger partial charge on any atom is 0.267 e. The molecule has 2 nitrogen and oxygen atoms in total. The fraction of sp³-hybridized carbons (Fsp3) is 0. The van der Waals surface area contributed by atoms with E-state index >= 15 is 0 Å². The molecule has 4 heteroatoms. The highest BCUT2D eigenvalue weighted by Gasteiger charge is 2.08. The van der Waals surface area contributed by atoms with E-state index in [4.69, 9.17) is 23.2 Å². The minimum Gasteiger partial charge on any atom is -0.320 e. The lowest BCUT2D eigenvalue weighted by Crippen LogP contribution is -2.11. The van der Waals surface area contributed by atoms with Gasteiger partial charge in [0.1, 0.15) is 5.03 Å². The number of carbonyl (C=O) groups is 1. The van der Waals surface area contributed by atoms with E-state index in [9.17, 15) is 4.79 Å². The van der Waals surface area contributed by atoms with Gasteiger partial charge >= 0.3 is 0 Å². The Labute approximate surface area is 121 Å². The van der Waals surface area contributed by atoms with E-state index in [0.717, 1.165) is 5.56 Å². The van der Waals surface area contributed by atoms with Crippen molar-refractivity contribution in [2.45, 2.75) is 0 Å². The number of anilines is 1. The molecule has 0 radical (unpaired) electrons. The molecule has 1 amide bonds. The van der Waals surface area contributed by atoms with Gasteiger partial charge in [-0.3, -0.25) is 4.79 Å².